The Balaban J connectivity index is 2.18. The molecule has 0 spiro atoms. The van der Waals surface area contributed by atoms with Gasteiger partial charge >= 0.3 is 0 Å². The fourth-order valence-electron chi connectivity index (χ4n) is 1.87. The Morgan fingerprint density at radius 1 is 1.45 bits per heavy atom. The number of rotatable bonds is 3. The van der Waals surface area contributed by atoms with E-state index in [2.05, 4.69) is 5.10 Å². The lowest BCUT2D eigenvalue weighted by Crippen LogP contribution is -2.25. The first-order valence-electron chi connectivity index (χ1n) is 6.18. The highest BCUT2D eigenvalue weighted by molar-refractivity contribution is 5.51. The van der Waals surface area contributed by atoms with Crippen LogP contribution in [0.5, 0.6) is 5.75 Å². The Hall–Kier alpha value is -2.50. The third-order valence-corrected chi connectivity index (χ3v) is 3.01. The number of nitrogens with zero attached hydrogens (tertiary/aromatic N) is 2. The van der Waals surface area contributed by atoms with Crippen molar-refractivity contribution in [3.05, 3.63) is 47.6 Å². The Morgan fingerprint density at radius 3 is 2.85 bits per heavy atom. The first-order chi connectivity index (χ1) is 9.52. The van der Waals surface area contributed by atoms with Crippen molar-refractivity contribution in [2.45, 2.75) is 19.9 Å². The van der Waals surface area contributed by atoms with Crippen LogP contribution in [0.3, 0.4) is 0 Å². The molecule has 1 aliphatic heterocycles. The van der Waals surface area contributed by atoms with Gasteiger partial charge in [-0.05, 0) is 38.1 Å². The monoisotopic (exact) mass is 276 g/mol. The van der Waals surface area contributed by atoms with Gasteiger partial charge in [0.1, 0.15) is 17.8 Å². The van der Waals surface area contributed by atoms with E-state index in [9.17, 15) is 4.39 Å². The van der Waals surface area contributed by atoms with Crippen molar-refractivity contribution in [3.63, 3.8) is 0 Å². The molecule has 1 aromatic rings. The van der Waals surface area contributed by atoms with E-state index in [0.29, 0.717) is 17.1 Å². The van der Waals surface area contributed by atoms with Gasteiger partial charge in [-0.25, -0.2) is 4.39 Å². The molecule has 0 radical (unpaired) electrons. The number of nitrogen functional groups attached to an aromatic ring is 1. The third kappa shape index (κ3) is 2.74. The van der Waals surface area contributed by atoms with Crippen molar-refractivity contribution in [2.24, 2.45) is 10.8 Å². The third-order valence-electron chi connectivity index (χ3n) is 3.01. The molecule has 0 aromatic heterocycles. The molecule has 0 saturated heterocycles. The van der Waals surface area contributed by atoms with Crippen LogP contribution in [0.4, 0.5) is 10.1 Å². The van der Waals surface area contributed by atoms with Crippen molar-refractivity contribution in [3.8, 4) is 5.75 Å². The maximum Gasteiger partial charge on any atom is 0.152 e. The second-order valence-corrected chi connectivity index (χ2v) is 4.46. The first-order valence-corrected chi connectivity index (χ1v) is 6.18. The van der Waals surface area contributed by atoms with E-state index in [1.807, 2.05) is 13.0 Å². The molecule has 20 heavy (non-hydrogen) atoms. The average Bonchev–Trinajstić information content (AvgIpc) is 2.43. The molecule has 0 amide bonds. The molecule has 106 valence electrons. The Labute approximate surface area is 117 Å². The second-order valence-electron chi connectivity index (χ2n) is 4.46. The summed E-state index contributed by atoms with van der Waals surface area (Å²) in [5, 5.41) is 5.66. The largest absolute Gasteiger partial charge is 0.457 e. The van der Waals surface area contributed by atoms with Gasteiger partial charge < -0.3 is 16.2 Å². The number of hydrogen-bond donors (Lipinski definition) is 2. The minimum Gasteiger partial charge on any atom is -0.457 e. The van der Waals surface area contributed by atoms with Crippen LogP contribution in [0.1, 0.15) is 12.5 Å². The van der Waals surface area contributed by atoms with E-state index < -0.39 is 5.82 Å². The molecule has 5 nitrogen and oxygen atoms in total. The van der Waals surface area contributed by atoms with Crippen LogP contribution < -0.4 is 16.2 Å². The van der Waals surface area contributed by atoms with Gasteiger partial charge in [-0.2, -0.15) is 5.10 Å². The Morgan fingerprint density at radius 2 is 2.20 bits per heavy atom. The molecule has 0 aliphatic carbocycles. The van der Waals surface area contributed by atoms with Crippen LogP contribution >= 0.6 is 0 Å². The van der Waals surface area contributed by atoms with Gasteiger partial charge in [0.25, 0.3) is 0 Å². The van der Waals surface area contributed by atoms with Gasteiger partial charge in [-0.3, -0.25) is 5.01 Å². The standard InChI is InChI=1S/C14H17FN4O/c1-9-7-11(5-6-19(9)18-8-16)20-13-4-3-12(17)14(15)10(13)2/h3-9H,17H2,1-2H3,(H2,16,18). The van der Waals surface area contributed by atoms with Crippen LogP contribution in [0.25, 0.3) is 0 Å². The Bertz CT molecular complexity index is 595. The summed E-state index contributed by atoms with van der Waals surface area (Å²) in [5.41, 5.74) is 11.3. The number of nitrogens with two attached hydrogens (primary N) is 2. The van der Waals surface area contributed by atoms with Crippen molar-refractivity contribution < 1.29 is 9.13 Å². The smallest absolute Gasteiger partial charge is 0.152 e. The summed E-state index contributed by atoms with van der Waals surface area (Å²) >= 11 is 0. The summed E-state index contributed by atoms with van der Waals surface area (Å²) in [6, 6.07) is 3.13. The molecular formula is C14H17FN4O. The summed E-state index contributed by atoms with van der Waals surface area (Å²) in [6.07, 6.45) is 6.56. The molecule has 0 bridgehead atoms. The van der Waals surface area contributed by atoms with E-state index in [0.717, 1.165) is 0 Å². The number of allylic oxidation sites excluding steroid dienone is 1. The van der Waals surface area contributed by atoms with E-state index in [4.69, 9.17) is 16.2 Å². The number of ether oxygens (including phenoxy) is 1. The molecule has 1 heterocycles. The molecule has 1 aromatic carbocycles. The van der Waals surface area contributed by atoms with E-state index in [1.54, 1.807) is 30.3 Å². The lowest BCUT2D eigenvalue weighted by atomic mass is 10.2. The quantitative estimate of drug-likeness (QED) is 0.503. The molecule has 0 fully saturated rings. The van der Waals surface area contributed by atoms with Crippen LogP contribution in [-0.2, 0) is 0 Å². The number of hydrazone groups is 1. The minimum absolute atomic E-state index is 0.00580. The van der Waals surface area contributed by atoms with Gasteiger partial charge in [-0.1, -0.05) is 0 Å². The highest BCUT2D eigenvalue weighted by atomic mass is 19.1. The molecular weight excluding hydrogens is 259 g/mol. The first kappa shape index (κ1) is 13.9. The zero-order valence-electron chi connectivity index (χ0n) is 11.4. The van der Waals surface area contributed by atoms with Gasteiger partial charge in [0.15, 0.2) is 5.82 Å². The molecule has 1 atom stereocenters. The predicted molar refractivity (Wildman–Crippen MR) is 77.4 cm³/mol. The van der Waals surface area contributed by atoms with Gasteiger partial charge in [0.2, 0.25) is 0 Å². The highest BCUT2D eigenvalue weighted by Crippen LogP contribution is 2.27. The van der Waals surface area contributed by atoms with Crippen molar-refractivity contribution in [2.75, 3.05) is 5.73 Å². The number of halogens is 1. The van der Waals surface area contributed by atoms with Crippen molar-refractivity contribution in [1.82, 2.24) is 5.01 Å². The van der Waals surface area contributed by atoms with Crippen molar-refractivity contribution >= 4 is 12.0 Å². The lowest BCUT2D eigenvalue weighted by molar-refractivity contribution is 0.330. The topological polar surface area (TPSA) is 76.9 Å². The normalized spacial score (nSPS) is 18.4. The van der Waals surface area contributed by atoms with Crippen molar-refractivity contribution in [1.29, 1.82) is 0 Å². The van der Waals surface area contributed by atoms with Crippen LogP contribution in [-0.4, -0.2) is 17.4 Å². The average molecular weight is 276 g/mol. The lowest BCUT2D eigenvalue weighted by Gasteiger charge is -2.24. The summed E-state index contributed by atoms with van der Waals surface area (Å²) in [4.78, 5) is 0. The maximum absolute atomic E-state index is 13.7. The molecule has 1 unspecified atom stereocenters. The molecule has 0 saturated carbocycles. The van der Waals surface area contributed by atoms with Gasteiger partial charge in [0.05, 0.1) is 11.7 Å². The number of anilines is 1. The van der Waals surface area contributed by atoms with Gasteiger partial charge in [-0.15, -0.1) is 0 Å². The van der Waals surface area contributed by atoms with Crippen LogP contribution in [0.15, 0.2) is 41.3 Å². The maximum atomic E-state index is 13.7. The fraction of sp³-hybridized carbons (Fsp3) is 0.214. The molecule has 2 rings (SSSR count). The van der Waals surface area contributed by atoms with E-state index in [-0.39, 0.29) is 11.7 Å². The van der Waals surface area contributed by atoms with Gasteiger partial charge in [0, 0.05) is 11.8 Å². The van der Waals surface area contributed by atoms with E-state index >= 15 is 0 Å². The fourth-order valence-corrected chi connectivity index (χ4v) is 1.87. The summed E-state index contributed by atoms with van der Waals surface area (Å²) in [6.45, 7) is 3.57. The highest BCUT2D eigenvalue weighted by Gasteiger charge is 2.15. The SMILES string of the molecule is Cc1c(OC2=CC(C)N(/N=C\N)C=C2)ccc(N)c1F. The number of hydrogen-bond acceptors (Lipinski definition) is 4. The molecule has 1 aliphatic rings. The zero-order chi connectivity index (χ0) is 14.7. The predicted octanol–water partition coefficient (Wildman–Crippen LogP) is 2.10. The summed E-state index contributed by atoms with van der Waals surface area (Å²) in [7, 11) is 0. The number of benzene rings is 1. The summed E-state index contributed by atoms with van der Waals surface area (Å²) < 4.78 is 19.4. The Kier molecular flexibility index (Phi) is 3.93. The molecule has 4 N–H and O–H groups in total. The molecule has 6 heteroatoms. The minimum atomic E-state index is -0.453. The van der Waals surface area contributed by atoms with E-state index in [1.165, 1.54) is 12.4 Å². The van der Waals surface area contributed by atoms with Crippen LogP contribution in [0.2, 0.25) is 0 Å². The van der Waals surface area contributed by atoms with Crippen LogP contribution in [0, 0.1) is 12.7 Å². The summed E-state index contributed by atoms with van der Waals surface area (Å²) in [5.74, 6) is 0.606. The zero-order valence-corrected chi connectivity index (χ0v) is 11.4. The second kappa shape index (κ2) is 5.64.